The van der Waals surface area contributed by atoms with E-state index in [1.54, 1.807) is 19.1 Å². The molecule has 146 valence electrons. The Balaban J connectivity index is 1.58. The third-order valence-electron chi connectivity index (χ3n) is 4.85. The lowest BCUT2D eigenvalue weighted by Crippen LogP contribution is -2.43. The second kappa shape index (κ2) is 8.02. The molecule has 3 rings (SSSR count). The van der Waals surface area contributed by atoms with E-state index in [0.29, 0.717) is 23.6 Å². The van der Waals surface area contributed by atoms with Gasteiger partial charge in [-0.25, -0.2) is 4.79 Å². The minimum absolute atomic E-state index is 0.313. The third kappa shape index (κ3) is 4.17. The van der Waals surface area contributed by atoms with E-state index in [1.807, 2.05) is 43.3 Å². The number of nitrogens with zero attached hydrogens (tertiary/aromatic N) is 1. The monoisotopic (exact) mass is 399 g/mol. The molecule has 1 unspecified atom stereocenters. The number of rotatable bonds is 6. The van der Waals surface area contributed by atoms with Gasteiger partial charge in [-0.1, -0.05) is 53.6 Å². The summed E-state index contributed by atoms with van der Waals surface area (Å²) >= 11 is 5.85. The molecule has 0 aromatic heterocycles. The number of carbonyl (C=O) groups is 3. The van der Waals surface area contributed by atoms with Gasteiger partial charge in [-0.05, 0) is 43.5 Å². The smallest absolute Gasteiger partial charge is 0.325 e. The quantitative estimate of drug-likeness (QED) is 0.733. The molecule has 4 amide bonds. The van der Waals surface area contributed by atoms with Crippen LogP contribution >= 0.6 is 11.6 Å². The van der Waals surface area contributed by atoms with E-state index in [0.717, 1.165) is 16.0 Å². The zero-order valence-electron chi connectivity index (χ0n) is 15.8. The zero-order chi connectivity index (χ0) is 20.3. The van der Waals surface area contributed by atoms with Gasteiger partial charge in [0.2, 0.25) is 5.91 Å². The number of imide groups is 1. The molecule has 1 atom stereocenters. The maximum absolute atomic E-state index is 12.8. The highest BCUT2D eigenvalue weighted by atomic mass is 35.5. The Morgan fingerprint density at radius 3 is 2.39 bits per heavy atom. The number of halogens is 1. The lowest BCUT2D eigenvalue weighted by atomic mass is 9.91. The van der Waals surface area contributed by atoms with Crippen LogP contribution < -0.4 is 10.6 Å². The van der Waals surface area contributed by atoms with E-state index in [1.165, 1.54) is 0 Å². The van der Waals surface area contributed by atoms with Crippen molar-refractivity contribution in [2.75, 3.05) is 13.1 Å². The van der Waals surface area contributed by atoms with Crippen molar-refractivity contribution in [3.63, 3.8) is 0 Å². The molecule has 1 fully saturated rings. The molecule has 0 spiro atoms. The number of hydrogen-bond acceptors (Lipinski definition) is 3. The van der Waals surface area contributed by atoms with Gasteiger partial charge in [0.05, 0.1) is 0 Å². The van der Waals surface area contributed by atoms with Gasteiger partial charge in [0.25, 0.3) is 5.91 Å². The number of carbonyl (C=O) groups excluding carboxylic acids is 3. The van der Waals surface area contributed by atoms with Crippen LogP contribution in [-0.4, -0.2) is 35.8 Å². The number of benzene rings is 2. The first-order chi connectivity index (χ1) is 13.3. The van der Waals surface area contributed by atoms with Crippen molar-refractivity contribution < 1.29 is 14.4 Å². The molecule has 7 heteroatoms. The minimum atomic E-state index is -1.17. The second-order valence-corrected chi connectivity index (χ2v) is 7.48. The van der Waals surface area contributed by atoms with Gasteiger partial charge >= 0.3 is 6.03 Å². The largest absolute Gasteiger partial charge is 0.354 e. The Morgan fingerprint density at radius 1 is 1.11 bits per heavy atom. The van der Waals surface area contributed by atoms with E-state index >= 15 is 0 Å². The molecule has 6 nitrogen and oxygen atoms in total. The Kier molecular flexibility index (Phi) is 5.70. The molecule has 2 aromatic rings. The van der Waals surface area contributed by atoms with E-state index in [9.17, 15) is 14.4 Å². The number of nitrogens with one attached hydrogen (secondary N) is 2. The molecule has 0 aliphatic carbocycles. The predicted molar refractivity (Wildman–Crippen MR) is 107 cm³/mol. The van der Waals surface area contributed by atoms with Crippen molar-refractivity contribution in [3.8, 4) is 0 Å². The average Bonchev–Trinajstić information content (AvgIpc) is 2.88. The highest BCUT2D eigenvalue weighted by Gasteiger charge is 2.49. The van der Waals surface area contributed by atoms with Crippen molar-refractivity contribution in [3.05, 3.63) is 70.2 Å². The van der Waals surface area contributed by atoms with Crippen molar-refractivity contribution in [1.29, 1.82) is 0 Å². The molecule has 2 N–H and O–H groups in total. The van der Waals surface area contributed by atoms with Gasteiger partial charge in [0, 0.05) is 11.6 Å². The van der Waals surface area contributed by atoms with E-state index < -0.39 is 17.5 Å². The highest BCUT2D eigenvalue weighted by molar-refractivity contribution is 6.30. The van der Waals surface area contributed by atoms with E-state index in [4.69, 9.17) is 11.6 Å². The van der Waals surface area contributed by atoms with E-state index in [2.05, 4.69) is 10.6 Å². The van der Waals surface area contributed by atoms with Crippen LogP contribution in [-0.2, 0) is 21.5 Å². The van der Waals surface area contributed by atoms with Crippen molar-refractivity contribution in [2.45, 2.75) is 25.8 Å². The molecule has 0 saturated carbocycles. The predicted octanol–water partition coefficient (Wildman–Crippen LogP) is 2.77. The molecule has 2 aromatic carbocycles. The number of amides is 4. The summed E-state index contributed by atoms with van der Waals surface area (Å²) in [5.74, 6) is -0.820. The normalized spacial score (nSPS) is 18.9. The SMILES string of the molecule is Cc1ccc(C2(C)NC(=O)N(CC(=O)NCCc3ccc(Cl)cc3)C2=O)cc1. The Morgan fingerprint density at radius 2 is 1.75 bits per heavy atom. The lowest BCUT2D eigenvalue weighted by molar-refractivity contribution is -0.134. The van der Waals surface area contributed by atoms with E-state index in [-0.39, 0.29) is 12.5 Å². The maximum Gasteiger partial charge on any atom is 0.325 e. The number of hydrogen-bond donors (Lipinski definition) is 2. The average molecular weight is 400 g/mol. The fraction of sp³-hybridized carbons (Fsp3) is 0.286. The van der Waals surface area contributed by atoms with Crippen LogP contribution in [0.5, 0.6) is 0 Å². The Bertz CT molecular complexity index is 896. The molecule has 1 aliphatic rings. The van der Waals surface area contributed by atoms with Crippen LogP contribution in [0.2, 0.25) is 5.02 Å². The van der Waals surface area contributed by atoms with Crippen LogP contribution in [0.15, 0.2) is 48.5 Å². The van der Waals surface area contributed by atoms with Gasteiger partial charge in [-0.15, -0.1) is 0 Å². The molecular formula is C21H22ClN3O3. The summed E-state index contributed by atoms with van der Waals surface area (Å²) in [5, 5.41) is 6.10. The minimum Gasteiger partial charge on any atom is -0.354 e. The summed E-state index contributed by atoms with van der Waals surface area (Å²) in [6.45, 7) is 3.68. The lowest BCUT2D eigenvalue weighted by Gasteiger charge is -2.22. The summed E-state index contributed by atoms with van der Waals surface area (Å²) in [6, 6.07) is 14.2. The number of urea groups is 1. The van der Waals surface area contributed by atoms with Gasteiger partial charge in [-0.3, -0.25) is 14.5 Å². The van der Waals surface area contributed by atoms with Crippen LogP contribution in [0.4, 0.5) is 4.79 Å². The summed E-state index contributed by atoms with van der Waals surface area (Å²) in [5.41, 5.74) is 1.60. The van der Waals surface area contributed by atoms with Crippen LogP contribution in [0.1, 0.15) is 23.6 Å². The topological polar surface area (TPSA) is 78.5 Å². The van der Waals surface area contributed by atoms with Crippen LogP contribution in [0.25, 0.3) is 0 Å². The standard InChI is InChI=1S/C21H22ClN3O3/c1-14-3-7-16(8-4-14)21(2)19(27)25(20(28)24-21)13-18(26)23-12-11-15-5-9-17(22)10-6-15/h3-10H,11-13H2,1-2H3,(H,23,26)(H,24,28). The Hall–Kier alpha value is -2.86. The van der Waals surface area contributed by atoms with Gasteiger partial charge < -0.3 is 10.6 Å². The summed E-state index contributed by atoms with van der Waals surface area (Å²) in [6.07, 6.45) is 0.629. The first-order valence-corrected chi connectivity index (χ1v) is 9.40. The van der Waals surface area contributed by atoms with Crippen LogP contribution in [0, 0.1) is 6.92 Å². The van der Waals surface area contributed by atoms with Crippen molar-refractivity contribution >= 4 is 29.4 Å². The number of aryl methyl sites for hydroxylation is 1. The summed E-state index contributed by atoms with van der Waals surface area (Å²) in [4.78, 5) is 38.3. The highest BCUT2D eigenvalue weighted by Crippen LogP contribution is 2.28. The molecule has 1 aliphatic heterocycles. The van der Waals surface area contributed by atoms with Gasteiger partial charge in [0.15, 0.2) is 0 Å². The summed E-state index contributed by atoms with van der Waals surface area (Å²) in [7, 11) is 0. The van der Waals surface area contributed by atoms with Crippen molar-refractivity contribution in [2.24, 2.45) is 0 Å². The second-order valence-electron chi connectivity index (χ2n) is 7.04. The summed E-state index contributed by atoms with van der Waals surface area (Å²) < 4.78 is 0. The molecular weight excluding hydrogens is 378 g/mol. The zero-order valence-corrected chi connectivity index (χ0v) is 16.5. The molecule has 1 heterocycles. The Labute approximate surface area is 168 Å². The van der Waals surface area contributed by atoms with Crippen molar-refractivity contribution in [1.82, 2.24) is 15.5 Å². The van der Waals surface area contributed by atoms with Gasteiger partial charge in [-0.2, -0.15) is 0 Å². The fourth-order valence-corrected chi connectivity index (χ4v) is 3.25. The van der Waals surface area contributed by atoms with Gasteiger partial charge in [0.1, 0.15) is 12.1 Å². The molecule has 28 heavy (non-hydrogen) atoms. The molecule has 1 saturated heterocycles. The third-order valence-corrected chi connectivity index (χ3v) is 5.11. The first kappa shape index (κ1) is 19.9. The molecule has 0 radical (unpaired) electrons. The fourth-order valence-electron chi connectivity index (χ4n) is 3.12. The van der Waals surface area contributed by atoms with Crippen LogP contribution in [0.3, 0.4) is 0 Å². The first-order valence-electron chi connectivity index (χ1n) is 9.02. The molecule has 0 bridgehead atoms. The maximum atomic E-state index is 12.8.